The van der Waals surface area contributed by atoms with Crippen LogP contribution in [0.3, 0.4) is 0 Å². The lowest BCUT2D eigenvalue weighted by Crippen LogP contribution is -2.34. The van der Waals surface area contributed by atoms with E-state index in [9.17, 15) is 0 Å². The van der Waals surface area contributed by atoms with Gasteiger partial charge in [0.05, 0.1) is 7.11 Å². The van der Waals surface area contributed by atoms with Gasteiger partial charge in [-0.3, -0.25) is 0 Å². The zero-order chi connectivity index (χ0) is 13.2. The maximum Gasteiger partial charge on any atom is 0.125 e. The summed E-state index contributed by atoms with van der Waals surface area (Å²) in [6.07, 6.45) is 0.746. The summed E-state index contributed by atoms with van der Waals surface area (Å²) in [6, 6.07) is 3.92. The number of benzene rings is 1. The summed E-state index contributed by atoms with van der Waals surface area (Å²) >= 11 is 6.16. The fourth-order valence-corrected chi connectivity index (χ4v) is 2.22. The van der Waals surface area contributed by atoms with Crippen molar-refractivity contribution < 1.29 is 4.74 Å². The quantitative estimate of drug-likeness (QED) is 0.889. The summed E-state index contributed by atoms with van der Waals surface area (Å²) in [5.41, 5.74) is 8.02. The van der Waals surface area contributed by atoms with Gasteiger partial charge < -0.3 is 10.5 Å². The van der Waals surface area contributed by atoms with Crippen molar-refractivity contribution in [3.63, 3.8) is 0 Å². The first-order chi connectivity index (χ1) is 7.74. The topological polar surface area (TPSA) is 35.2 Å². The van der Waals surface area contributed by atoms with Crippen LogP contribution in [0.15, 0.2) is 12.1 Å². The molecule has 0 atom stereocenters. The van der Waals surface area contributed by atoms with Crippen LogP contribution in [0.4, 0.5) is 0 Å². The number of methoxy groups -OCH3 is 1. The van der Waals surface area contributed by atoms with Crippen LogP contribution in [-0.4, -0.2) is 12.6 Å². The monoisotopic (exact) mass is 255 g/mol. The lowest BCUT2D eigenvalue weighted by atomic mass is 9.91. The predicted octanol–water partition coefficient (Wildman–Crippen LogP) is 3.75. The molecule has 0 spiro atoms. The fraction of sp³-hybridized carbons (Fsp3) is 0.571. The van der Waals surface area contributed by atoms with E-state index in [-0.39, 0.29) is 5.54 Å². The molecule has 1 aromatic carbocycles. The Balaban J connectivity index is 3.28. The minimum Gasteiger partial charge on any atom is -0.496 e. The maximum absolute atomic E-state index is 6.16. The second kappa shape index (κ2) is 5.28. The first kappa shape index (κ1) is 14.3. The Labute approximate surface area is 109 Å². The Morgan fingerprint density at radius 3 is 2.35 bits per heavy atom. The zero-order valence-electron chi connectivity index (χ0n) is 11.3. The van der Waals surface area contributed by atoms with Crippen molar-refractivity contribution in [1.29, 1.82) is 0 Å². The van der Waals surface area contributed by atoms with Crippen molar-refractivity contribution in [3.8, 4) is 5.75 Å². The van der Waals surface area contributed by atoms with Crippen LogP contribution >= 0.6 is 11.6 Å². The van der Waals surface area contributed by atoms with Crippen LogP contribution in [-0.2, 0) is 6.42 Å². The first-order valence-electron chi connectivity index (χ1n) is 5.90. The zero-order valence-corrected chi connectivity index (χ0v) is 12.1. The molecule has 2 nitrogen and oxygen atoms in total. The van der Waals surface area contributed by atoms with Gasteiger partial charge in [0.15, 0.2) is 0 Å². The summed E-state index contributed by atoms with van der Waals surface area (Å²) in [5.74, 6) is 1.30. The molecule has 0 aliphatic carbocycles. The van der Waals surface area contributed by atoms with Gasteiger partial charge in [0.1, 0.15) is 5.75 Å². The van der Waals surface area contributed by atoms with E-state index in [1.54, 1.807) is 7.11 Å². The van der Waals surface area contributed by atoms with E-state index in [2.05, 4.69) is 13.8 Å². The van der Waals surface area contributed by atoms with Gasteiger partial charge in [-0.05, 0) is 49.4 Å². The summed E-state index contributed by atoms with van der Waals surface area (Å²) in [6.45, 7) is 8.27. The molecule has 17 heavy (non-hydrogen) atoms. The molecule has 0 bridgehead atoms. The van der Waals surface area contributed by atoms with E-state index < -0.39 is 0 Å². The third-order valence-electron chi connectivity index (χ3n) is 2.63. The van der Waals surface area contributed by atoms with E-state index in [1.165, 1.54) is 0 Å². The second-order valence-electron chi connectivity index (χ2n) is 5.51. The molecule has 0 radical (unpaired) electrons. The van der Waals surface area contributed by atoms with Gasteiger partial charge >= 0.3 is 0 Å². The predicted molar refractivity (Wildman–Crippen MR) is 74.1 cm³/mol. The maximum atomic E-state index is 6.16. The number of hydrogen-bond acceptors (Lipinski definition) is 2. The lowest BCUT2D eigenvalue weighted by Gasteiger charge is -2.23. The minimum atomic E-state index is -0.272. The third-order valence-corrected chi connectivity index (χ3v) is 2.85. The molecule has 0 aliphatic rings. The van der Waals surface area contributed by atoms with Crippen LogP contribution in [0.2, 0.25) is 5.02 Å². The molecule has 0 aromatic heterocycles. The molecule has 0 saturated carbocycles. The second-order valence-corrected chi connectivity index (χ2v) is 5.94. The average Bonchev–Trinajstić information content (AvgIpc) is 2.14. The molecule has 0 aliphatic heterocycles. The van der Waals surface area contributed by atoms with Crippen molar-refractivity contribution >= 4 is 11.6 Å². The molecular weight excluding hydrogens is 234 g/mol. The molecule has 2 N–H and O–H groups in total. The minimum absolute atomic E-state index is 0.272. The van der Waals surface area contributed by atoms with E-state index in [0.29, 0.717) is 5.92 Å². The molecule has 0 heterocycles. The van der Waals surface area contributed by atoms with Crippen LogP contribution in [0.25, 0.3) is 0 Å². The summed E-state index contributed by atoms with van der Waals surface area (Å²) in [4.78, 5) is 0. The SMILES string of the molecule is COc1c(CC(C)(C)N)cc(Cl)cc1C(C)C. The number of nitrogens with two attached hydrogens (primary N) is 1. The summed E-state index contributed by atoms with van der Waals surface area (Å²) < 4.78 is 5.52. The van der Waals surface area contributed by atoms with Crippen molar-refractivity contribution in [2.75, 3.05) is 7.11 Å². The van der Waals surface area contributed by atoms with Crippen LogP contribution in [0.1, 0.15) is 44.7 Å². The molecule has 3 heteroatoms. The number of rotatable bonds is 4. The van der Waals surface area contributed by atoms with Crippen molar-refractivity contribution in [2.45, 2.75) is 45.6 Å². The van der Waals surface area contributed by atoms with Crippen molar-refractivity contribution in [3.05, 3.63) is 28.3 Å². The number of halogens is 1. The van der Waals surface area contributed by atoms with E-state index in [1.807, 2.05) is 26.0 Å². The smallest absolute Gasteiger partial charge is 0.125 e. The Kier molecular flexibility index (Phi) is 4.45. The highest BCUT2D eigenvalue weighted by molar-refractivity contribution is 6.30. The highest BCUT2D eigenvalue weighted by atomic mass is 35.5. The molecule has 0 fully saturated rings. The largest absolute Gasteiger partial charge is 0.496 e. The van der Waals surface area contributed by atoms with Crippen molar-refractivity contribution in [1.82, 2.24) is 0 Å². The van der Waals surface area contributed by atoms with Gasteiger partial charge in [-0.15, -0.1) is 0 Å². The Hall–Kier alpha value is -0.730. The average molecular weight is 256 g/mol. The highest BCUT2D eigenvalue weighted by Gasteiger charge is 2.19. The highest BCUT2D eigenvalue weighted by Crippen LogP contribution is 2.34. The standard InChI is InChI=1S/C14H22ClNO/c1-9(2)12-7-11(15)6-10(13(12)17-5)8-14(3,4)16/h6-7,9H,8,16H2,1-5H3. The summed E-state index contributed by atoms with van der Waals surface area (Å²) in [7, 11) is 1.70. The normalized spacial score (nSPS) is 12.0. The van der Waals surface area contributed by atoms with Gasteiger partial charge in [-0.1, -0.05) is 25.4 Å². The van der Waals surface area contributed by atoms with Crippen molar-refractivity contribution in [2.24, 2.45) is 5.73 Å². The van der Waals surface area contributed by atoms with E-state index >= 15 is 0 Å². The molecule has 1 aromatic rings. The van der Waals surface area contributed by atoms with Gasteiger partial charge in [-0.25, -0.2) is 0 Å². The van der Waals surface area contributed by atoms with E-state index in [4.69, 9.17) is 22.1 Å². The third kappa shape index (κ3) is 3.90. The Morgan fingerprint density at radius 2 is 1.94 bits per heavy atom. The first-order valence-corrected chi connectivity index (χ1v) is 6.27. The van der Waals surface area contributed by atoms with Gasteiger partial charge in [0.2, 0.25) is 0 Å². The molecule has 0 saturated heterocycles. The van der Waals surface area contributed by atoms with Crippen LogP contribution < -0.4 is 10.5 Å². The number of hydrogen-bond donors (Lipinski definition) is 1. The number of ether oxygens (including phenoxy) is 1. The molecular formula is C14H22ClNO. The van der Waals surface area contributed by atoms with Crippen LogP contribution in [0, 0.1) is 0 Å². The summed E-state index contributed by atoms with van der Waals surface area (Å²) in [5, 5.41) is 0.744. The molecule has 1 rings (SSSR count). The Morgan fingerprint density at radius 1 is 1.35 bits per heavy atom. The molecule has 0 unspecified atom stereocenters. The lowest BCUT2D eigenvalue weighted by molar-refractivity contribution is 0.395. The fourth-order valence-electron chi connectivity index (χ4n) is 1.97. The van der Waals surface area contributed by atoms with Gasteiger partial charge in [-0.2, -0.15) is 0 Å². The molecule has 0 amide bonds. The van der Waals surface area contributed by atoms with Gasteiger partial charge in [0.25, 0.3) is 0 Å². The van der Waals surface area contributed by atoms with Gasteiger partial charge in [0, 0.05) is 10.6 Å². The molecule has 96 valence electrons. The van der Waals surface area contributed by atoms with Crippen LogP contribution in [0.5, 0.6) is 5.75 Å². The Bertz CT molecular complexity index is 394. The van der Waals surface area contributed by atoms with E-state index in [0.717, 1.165) is 28.3 Å².